The first kappa shape index (κ1) is 11.6. The van der Waals surface area contributed by atoms with Crippen molar-refractivity contribution in [1.29, 1.82) is 0 Å². The van der Waals surface area contributed by atoms with Crippen molar-refractivity contribution < 1.29 is 19.4 Å². The molecule has 1 aromatic rings. The maximum atomic E-state index is 11.3. The Kier molecular flexibility index (Phi) is 3.13. The fourth-order valence-electron chi connectivity index (χ4n) is 2.25. The first-order valence-corrected chi connectivity index (χ1v) is 5.60. The van der Waals surface area contributed by atoms with E-state index in [0.717, 1.165) is 0 Å². The van der Waals surface area contributed by atoms with Gasteiger partial charge in [-0.15, -0.1) is 0 Å². The SMILES string of the molecule is CC(=O)Oc1cccc(O)c1C1CCC(=O)C1. The summed E-state index contributed by atoms with van der Waals surface area (Å²) in [7, 11) is 0. The van der Waals surface area contributed by atoms with E-state index in [-0.39, 0.29) is 17.5 Å². The minimum atomic E-state index is -0.429. The largest absolute Gasteiger partial charge is 0.508 e. The van der Waals surface area contributed by atoms with Crippen LogP contribution in [0.2, 0.25) is 0 Å². The number of aromatic hydroxyl groups is 1. The predicted molar refractivity (Wildman–Crippen MR) is 61.0 cm³/mol. The van der Waals surface area contributed by atoms with Gasteiger partial charge in [-0.2, -0.15) is 0 Å². The number of carbonyl (C=O) groups excluding carboxylic acids is 2. The molecule has 0 radical (unpaired) electrons. The van der Waals surface area contributed by atoms with Crippen LogP contribution in [0.5, 0.6) is 11.5 Å². The van der Waals surface area contributed by atoms with Crippen molar-refractivity contribution in [3.05, 3.63) is 23.8 Å². The van der Waals surface area contributed by atoms with Crippen LogP contribution in [0.15, 0.2) is 18.2 Å². The molecule has 1 fully saturated rings. The molecule has 1 saturated carbocycles. The van der Waals surface area contributed by atoms with Crippen molar-refractivity contribution in [2.75, 3.05) is 0 Å². The zero-order valence-electron chi connectivity index (χ0n) is 9.60. The van der Waals surface area contributed by atoms with E-state index < -0.39 is 5.97 Å². The highest BCUT2D eigenvalue weighted by atomic mass is 16.5. The number of ether oxygens (including phenoxy) is 1. The third-order valence-corrected chi connectivity index (χ3v) is 2.95. The van der Waals surface area contributed by atoms with Crippen molar-refractivity contribution in [2.45, 2.75) is 32.1 Å². The van der Waals surface area contributed by atoms with Crippen LogP contribution in [0.3, 0.4) is 0 Å². The molecule has 0 aromatic heterocycles. The third kappa shape index (κ3) is 2.46. The fraction of sp³-hybridized carbons (Fsp3) is 0.385. The lowest BCUT2D eigenvalue weighted by Crippen LogP contribution is -2.06. The highest BCUT2D eigenvalue weighted by molar-refractivity contribution is 5.82. The Balaban J connectivity index is 2.36. The maximum Gasteiger partial charge on any atom is 0.308 e. The summed E-state index contributed by atoms with van der Waals surface area (Å²) in [6, 6.07) is 4.80. The fourth-order valence-corrected chi connectivity index (χ4v) is 2.25. The molecule has 1 atom stereocenters. The molecule has 2 rings (SSSR count). The van der Waals surface area contributed by atoms with Crippen LogP contribution < -0.4 is 4.74 Å². The molecule has 1 aliphatic rings. The van der Waals surface area contributed by atoms with Gasteiger partial charge in [-0.05, 0) is 24.5 Å². The number of Topliss-reactive ketones (excluding diaryl/α,β-unsaturated/α-hetero) is 1. The number of phenols is 1. The molecule has 0 bridgehead atoms. The molecule has 90 valence electrons. The van der Waals surface area contributed by atoms with Crippen molar-refractivity contribution in [3.8, 4) is 11.5 Å². The van der Waals surface area contributed by atoms with Gasteiger partial charge >= 0.3 is 5.97 Å². The van der Waals surface area contributed by atoms with Gasteiger partial charge in [0.05, 0.1) is 0 Å². The number of phenolic OH excluding ortho intramolecular Hbond substituents is 1. The van der Waals surface area contributed by atoms with Crippen LogP contribution >= 0.6 is 0 Å². The van der Waals surface area contributed by atoms with Crippen LogP contribution in [-0.2, 0) is 9.59 Å². The lowest BCUT2D eigenvalue weighted by Gasteiger charge is -2.15. The van der Waals surface area contributed by atoms with Crippen molar-refractivity contribution in [3.63, 3.8) is 0 Å². The average molecular weight is 234 g/mol. The summed E-state index contributed by atoms with van der Waals surface area (Å²) in [5, 5.41) is 9.85. The van der Waals surface area contributed by atoms with Gasteiger partial charge in [0.15, 0.2) is 0 Å². The smallest absolute Gasteiger partial charge is 0.308 e. The van der Waals surface area contributed by atoms with Crippen LogP contribution in [0.25, 0.3) is 0 Å². The van der Waals surface area contributed by atoms with E-state index >= 15 is 0 Å². The van der Waals surface area contributed by atoms with E-state index in [1.54, 1.807) is 18.2 Å². The second kappa shape index (κ2) is 4.57. The molecule has 0 heterocycles. The van der Waals surface area contributed by atoms with Gasteiger partial charge in [0.1, 0.15) is 17.3 Å². The minimum absolute atomic E-state index is 0.0435. The van der Waals surface area contributed by atoms with Gasteiger partial charge in [-0.3, -0.25) is 9.59 Å². The van der Waals surface area contributed by atoms with Crippen molar-refractivity contribution in [1.82, 2.24) is 0 Å². The van der Waals surface area contributed by atoms with E-state index in [2.05, 4.69) is 0 Å². The molecule has 1 unspecified atom stereocenters. The number of benzene rings is 1. The molecule has 1 aromatic carbocycles. The van der Waals surface area contributed by atoms with E-state index in [4.69, 9.17) is 4.74 Å². The standard InChI is InChI=1S/C13H14O4/c1-8(14)17-12-4-2-3-11(16)13(12)9-5-6-10(15)7-9/h2-4,9,16H,5-7H2,1H3. The summed E-state index contributed by atoms with van der Waals surface area (Å²) in [6.45, 7) is 1.31. The Bertz CT molecular complexity index is 464. The van der Waals surface area contributed by atoms with Gasteiger partial charge in [-0.1, -0.05) is 6.07 Å². The molecule has 4 heteroatoms. The molecule has 17 heavy (non-hydrogen) atoms. The monoisotopic (exact) mass is 234 g/mol. The second-order valence-electron chi connectivity index (χ2n) is 4.26. The molecular formula is C13H14O4. The van der Waals surface area contributed by atoms with E-state index in [1.807, 2.05) is 0 Å². The number of esters is 1. The van der Waals surface area contributed by atoms with Crippen LogP contribution in [0, 0.1) is 0 Å². The first-order chi connectivity index (χ1) is 8.08. The number of hydrogen-bond donors (Lipinski definition) is 1. The summed E-state index contributed by atoms with van der Waals surface area (Å²) in [5.74, 6) is 0.159. The van der Waals surface area contributed by atoms with Crippen LogP contribution in [0.1, 0.15) is 37.7 Å². The highest BCUT2D eigenvalue weighted by Crippen LogP contribution is 2.42. The Morgan fingerprint density at radius 1 is 1.47 bits per heavy atom. The third-order valence-electron chi connectivity index (χ3n) is 2.95. The first-order valence-electron chi connectivity index (χ1n) is 5.60. The van der Waals surface area contributed by atoms with Crippen molar-refractivity contribution >= 4 is 11.8 Å². The van der Waals surface area contributed by atoms with Gasteiger partial charge in [0.25, 0.3) is 0 Å². The highest BCUT2D eigenvalue weighted by Gasteiger charge is 2.28. The number of hydrogen-bond acceptors (Lipinski definition) is 4. The number of carbonyl (C=O) groups is 2. The summed E-state index contributed by atoms with van der Waals surface area (Å²) in [4.78, 5) is 22.3. The number of rotatable bonds is 2. The molecule has 4 nitrogen and oxygen atoms in total. The zero-order valence-corrected chi connectivity index (χ0v) is 9.60. The second-order valence-corrected chi connectivity index (χ2v) is 4.26. The molecular weight excluding hydrogens is 220 g/mol. The average Bonchev–Trinajstić information content (AvgIpc) is 2.64. The van der Waals surface area contributed by atoms with E-state index in [0.29, 0.717) is 30.6 Å². The summed E-state index contributed by atoms with van der Waals surface area (Å²) in [5.41, 5.74) is 0.577. The summed E-state index contributed by atoms with van der Waals surface area (Å²) < 4.78 is 5.06. The van der Waals surface area contributed by atoms with Crippen LogP contribution in [-0.4, -0.2) is 16.9 Å². The quantitative estimate of drug-likeness (QED) is 0.629. The lowest BCUT2D eigenvalue weighted by atomic mass is 9.95. The minimum Gasteiger partial charge on any atom is -0.508 e. The molecule has 0 saturated heterocycles. The van der Waals surface area contributed by atoms with Gasteiger partial charge < -0.3 is 9.84 Å². The Labute approximate surface area is 99.2 Å². The lowest BCUT2D eigenvalue weighted by molar-refractivity contribution is -0.131. The van der Waals surface area contributed by atoms with E-state index in [9.17, 15) is 14.7 Å². The topological polar surface area (TPSA) is 63.6 Å². The normalized spacial score (nSPS) is 19.4. The molecule has 0 aliphatic heterocycles. The Hall–Kier alpha value is -1.84. The molecule has 0 spiro atoms. The van der Waals surface area contributed by atoms with Crippen molar-refractivity contribution in [2.24, 2.45) is 0 Å². The molecule has 1 aliphatic carbocycles. The van der Waals surface area contributed by atoms with Gasteiger partial charge in [0, 0.05) is 25.3 Å². The number of ketones is 1. The van der Waals surface area contributed by atoms with Crippen LogP contribution in [0.4, 0.5) is 0 Å². The summed E-state index contributed by atoms with van der Waals surface area (Å²) >= 11 is 0. The Morgan fingerprint density at radius 2 is 2.24 bits per heavy atom. The van der Waals surface area contributed by atoms with Gasteiger partial charge in [-0.25, -0.2) is 0 Å². The Morgan fingerprint density at radius 3 is 2.82 bits per heavy atom. The molecule has 0 amide bonds. The van der Waals surface area contributed by atoms with Gasteiger partial charge in [0.2, 0.25) is 0 Å². The molecule has 1 N–H and O–H groups in total. The zero-order chi connectivity index (χ0) is 12.4. The van der Waals surface area contributed by atoms with E-state index in [1.165, 1.54) is 6.92 Å². The predicted octanol–water partition coefficient (Wildman–Crippen LogP) is 2.15. The summed E-state index contributed by atoms with van der Waals surface area (Å²) in [6.07, 6.45) is 1.63. The maximum absolute atomic E-state index is 11.3.